The van der Waals surface area contributed by atoms with Gasteiger partial charge in [-0.25, -0.2) is 4.39 Å². The van der Waals surface area contributed by atoms with E-state index in [0.29, 0.717) is 30.4 Å². The zero-order chi connectivity index (χ0) is 17.4. The molecule has 4 rings (SSSR count). The topological polar surface area (TPSA) is 45.3 Å². The minimum Gasteiger partial charge on any atom is -0.370 e. The van der Waals surface area contributed by atoms with Crippen molar-refractivity contribution in [1.82, 2.24) is 9.88 Å². The normalized spacial score (nSPS) is 17.8. The number of carbonyl (C=O) groups excluding carboxylic acids is 1. The molecule has 1 fully saturated rings. The number of ether oxygens (including phenoxy) is 1. The van der Waals surface area contributed by atoms with Gasteiger partial charge in [0.05, 0.1) is 13.2 Å². The van der Waals surface area contributed by atoms with Gasteiger partial charge in [-0.2, -0.15) is 0 Å². The Hall–Kier alpha value is -2.37. The standard InChI is InChI=1S/C19H16ClFN2O2/c20-14-3-6-16-13(9-14)10-17(22-16)19(24)23-7-8-25-18(11-23)12-1-4-15(21)5-2-12/h1-6,9-10,18,22H,7-8,11H2. The summed E-state index contributed by atoms with van der Waals surface area (Å²) >= 11 is 6.00. The van der Waals surface area contributed by atoms with Crippen molar-refractivity contribution in [3.8, 4) is 0 Å². The van der Waals surface area contributed by atoms with Gasteiger partial charge in [-0.3, -0.25) is 4.79 Å². The molecule has 25 heavy (non-hydrogen) atoms. The van der Waals surface area contributed by atoms with Gasteiger partial charge in [0, 0.05) is 22.5 Å². The fourth-order valence-corrected chi connectivity index (χ4v) is 3.28. The lowest BCUT2D eigenvalue weighted by molar-refractivity contribution is -0.0230. The number of amides is 1. The van der Waals surface area contributed by atoms with Crippen molar-refractivity contribution >= 4 is 28.4 Å². The van der Waals surface area contributed by atoms with Crippen LogP contribution in [0, 0.1) is 5.82 Å². The van der Waals surface area contributed by atoms with E-state index >= 15 is 0 Å². The zero-order valence-electron chi connectivity index (χ0n) is 13.3. The average Bonchev–Trinajstić information content (AvgIpc) is 3.05. The Kier molecular flexibility index (Phi) is 4.19. The van der Waals surface area contributed by atoms with Gasteiger partial charge in [-0.1, -0.05) is 23.7 Å². The molecule has 0 spiro atoms. The van der Waals surface area contributed by atoms with Crippen molar-refractivity contribution in [2.75, 3.05) is 19.7 Å². The third-order valence-corrected chi connectivity index (χ3v) is 4.64. The maximum absolute atomic E-state index is 13.1. The Labute approximate surface area is 149 Å². The number of nitrogens with one attached hydrogen (secondary N) is 1. The molecule has 1 amide bonds. The first-order valence-electron chi connectivity index (χ1n) is 8.05. The molecule has 1 saturated heterocycles. The number of nitrogens with zero attached hydrogens (tertiary/aromatic N) is 1. The quantitative estimate of drug-likeness (QED) is 0.747. The van der Waals surface area contributed by atoms with Crippen LogP contribution in [0.4, 0.5) is 4.39 Å². The van der Waals surface area contributed by atoms with Crippen LogP contribution in [-0.2, 0) is 4.74 Å². The Morgan fingerprint density at radius 2 is 2.00 bits per heavy atom. The van der Waals surface area contributed by atoms with Crippen molar-refractivity contribution in [1.29, 1.82) is 0 Å². The molecule has 1 aliphatic heterocycles. The molecule has 128 valence electrons. The Morgan fingerprint density at radius 3 is 2.80 bits per heavy atom. The van der Waals surface area contributed by atoms with E-state index in [1.54, 1.807) is 23.1 Å². The number of fused-ring (bicyclic) bond motifs is 1. The number of hydrogen-bond donors (Lipinski definition) is 1. The van der Waals surface area contributed by atoms with Gasteiger partial charge in [0.2, 0.25) is 0 Å². The van der Waals surface area contributed by atoms with E-state index in [-0.39, 0.29) is 17.8 Å². The molecule has 0 aliphatic carbocycles. The van der Waals surface area contributed by atoms with Gasteiger partial charge in [0.1, 0.15) is 17.6 Å². The molecule has 1 aliphatic rings. The summed E-state index contributed by atoms with van der Waals surface area (Å²) in [6.45, 7) is 1.40. The van der Waals surface area contributed by atoms with Gasteiger partial charge in [0.15, 0.2) is 0 Å². The minimum atomic E-state index is -0.288. The fourth-order valence-electron chi connectivity index (χ4n) is 3.10. The summed E-state index contributed by atoms with van der Waals surface area (Å²) in [5.41, 5.74) is 2.26. The maximum atomic E-state index is 13.1. The molecule has 1 atom stereocenters. The molecule has 0 saturated carbocycles. The van der Waals surface area contributed by atoms with Gasteiger partial charge in [-0.15, -0.1) is 0 Å². The van der Waals surface area contributed by atoms with Gasteiger partial charge < -0.3 is 14.6 Å². The average molecular weight is 359 g/mol. The number of H-pyrrole nitrogens is 1. The molecule has 1 unspecified atom stereocenters. The molecule has 0 radical (unpaired) electrons. The molecule has 6 heteroatoms. The van der Waals surface area contributed by atoms with E-state index in [4.69, 9.17) is 16.3 Å². The summed E-state index contributed by atoms with van der Waals surface area (Å²) in [5, 5.41) is 1.53. The second-order valence-corrected chi connectivity index (χ2v) is 6.51. The molecule has 2 aromatic carbocycles. The zero-order valence-corrected chi connectivity index (χ0v) is 14.1. The van der Waals surface area contributed by atoms with E-state index in [1.807, 2.05) is 18.2 Å². The predicted octanol–water partition coefficient (Wildman–Crippen LogP) is 4.17. The number of rotatable bonds is 2. The van der Waals surface area contributed by atoms with E-state index in [9.17, 15) is 9.18 Å². The SMILES string of the molecule is O=C(c1cc2cc(Cl)ccc2[nH]1)N1CCOC(c2ccc(F)cc2)C1. The summed E-state index contributed by atoms with van der Waals surface area (Å²) in [7, 11) is 0. The Morgan fingerprint density at radius 1 is 1.20 bits per heavy atom. The molecule has 2 heterocycles. The number of benzene rings is 2. The molecular weight excluding hydrogens is 343 g/mol. The molecule has 1 N–H and O–H groups in total. The highest BCUT2D eigenvalue weighted by molar-refractivity contribution is 6.31. The highest BCUT2D eigenvalue weighted by Gasteiger charge is 2.27. The highest BCUT2D eigenvalue weighted by atomic mass is 35.5. The van der Waals surface area contributed by atoms with Crippen molar-refractivity contribution in [3.63, 3.8) is 0 Å². The lowest BCUT2D eigenvalue weighted by Gasteiger charge is -2.33. The fraction of sp³-hybridized carbons (Fsp3) is 0.211. The van der Waals surface area contributed by atoms with Crippen LogP contribution in [0.25, 0.3) is 10.9 Å². The van der Waals surface area contributed by atoms with E-state index in [0.717, 1.165) is 16.5 Å². The second-order valence-electron chi connectivity index (χ2n) is 6.08. The lowest BCUT2D eigenvalue weighted by atomic mass is 10.1. The molecule has 3 aromatic rings. The summed E-state index contributed by atoms with van der Waals surface area (Å²) in [5.74, 6) is -0.369. The van der Waals surface area contributed by atoms with Crippen LogP contribution in [0.1, 0.15) is 22.2 Å². The summed E-state index contributed by atoms with van der Waals surface area (Å²) in [6.07, 6.45) is -0.253. The van der Waals surface area contributed by atoms with Crippen LogP contribution < -0.4 is 0 Å². The predicted molar refractivity (Wildman–Crippen MR) is 94.3 cm³/mol. The van der Waals surface area contributed by atoms with Crippen LogP contribution in [0.2, 0.25) is 5.02 Å². The number of halogens is 2. The number of carbonyl (C=O) groups is 1. The number of hydrogen-bond acceptors (Lipinski definition) is 2. The Bertz CT molecular complexity index is 923. The number of aromatic amines is 1. The van der Waals surface area contributed by atoms with Crippen molar-refractivity contribution in [2.24, 2.45) is 0 Å². The van der Waals surface area contributed by atoms with Crippen molar-refractivity contribution < 1.29 is 13.9 Å². The van der Waals surface area contributed by atoms with E-state index < -0.39 is 0 Å². The van der Waals surface area contributed by atoms with Crippen LogP contribution >= 0.6 is 11.6 Å². The summed E-state index contributed by atoms with van der Waals surface area (Å²) < 4.78 is 18.8. The molecule has 1 aromatic heterocycles. The van der Waals surface area contributed by atoms with Gasteiger partial charge >= 0.3 is 0 Å². The largest absolute Gasteiger partial charge is 0.370 e. The third kappa shape index (κ3) is 3.25. The van der Waals surface area contributed by atoms with Crippen molar-refractivity contribution in [2.45, 2.75) is 6.10 Å². The number of morpholine rings is 1. The summed E-state index contributed by atoms with van der Waals surface area (Å²) in [4.78, 5) is 17.7. The maximum Gasteiger partial charge on any atom is 0.270 e. The van der Waals surface area contributed by atoms with Crippen LogP contribution in [0.3, 0.4) is 0 Å². The second kappa shape index (κ2) is 6.50. The van der Waals surface area contributed by atoms with Crippen LogP contribution in [0.5, 0.6) is 0 Å². The third-order valence-electron chi connectivity index (χ3n) is 4.41. The van der Waals surface area contributed by atoms with E-state index in [1.165, 1.54) is 12.1 Å². The molecular formula is C19H16ClFN2O2. The van der Waals surface area contributed by atoms with Gasteiger partial charge in [0.25, 0.3) is 5.91 Å². The van der Waals surface area contributed by atoms with Crippen molar-refractivity contribution in [3.05, 3.63) is 70.6 Å². The molecule has 0 bridgehead atoms. The summed E-state index contributed by atoms with van der Waals surface area (Å²) in [6, 6.07) is 13.5. The minimum absolute atomic E-state index is 0.0808. The monoisotopic (exact) mass is 358 g/mol. The first kappa shape index (κ1) is 16.1. The van der Waals surface area contributed by atoms with Crippen LogP contribution in [0.15, 0.2) is 48.5 Å². The number of aromatic nitrogens is 1. The molecule has 4 nitrogen and oxygen atoms in total. The van der Waals surface area contributed by atoms with Crippen LogP contribution in [-0.4, -0.2) is 35.5 Å². The first-order chi connectivity index (χ1) is 12.1. The lowest BCUT2D eigenvalue weighted by Crippen LogP contribution is -2.42. The highest BCUT2D eigenvalue weighted by Crippen LogP contribution is 2.25. The smallest absolute Gasteiger partial charge is 0.270 e. The first-order valence-corrected chi connectivity index (χ1v) is 8.42. The Balaban J connectivity index is 1.55. The van der Waals surface area contributed by atoms with Gasteiger partial charge in [-0.05, 0) is 42.0 Å². The van der Waals surface area contributed by atoms with E-state index in [2.05, 4.69) is 4.98 Å².